The molecule has 0 aromatic rings. The molecule has 0 aromatic carbocycles. The standard InChI is InChI=1S/C7H13N3O/c1-9-7(11)6-10-5-3-2-4-8/h10H,2-3,5-6H2,1H3,(H,9,11). The minimum atomic E-state index is -0.0260. The first kappa shape index (κ1) is 9.92. The van der Waals surface area contributed by atoms with Gasteiger partial charge >= 0.3 is 0 Å². The maximum Gasteiger partial charge on any atom is 0.233 e. The molecular weight excluding hydrogens is 142 g/mol. The molecule has 0 radical (unpaired) electrons. The van der Waals surface area contributed by atoms with Gasteiger partial charge in [0.1, 0.15) is 0 Å². The lowest BCUT2D eigenvalue weighted by Crippen LogP contribution is -2.31. The summed E-state index contributed by atoms with van der Waals surface area (Å²) in [6, 6.07) is 2.03. The van der Waals surface area contributed by atoms with Crippen molar-refractivity contribution in [3.8, 4) is 6.07 Å². The van der Waals surface area contributed by atoms with Crippen molar-refractivity contribution >= 4 is 5.91 Å². The summed E-state index contributed by atoms with van der Waals surface area (Å²) in [7, 11) is 1.60. The van der Waals surface area contributed by atoms with Crippen molar-refractivity contribution in [1.82, 2.24) is 10.6 Å². The number of nitrogens with zero attached hydrogens (tertiary/aromatic N) is 1. The van der Waals surface area contributed by atoms with Gasteiger partial charge in [-0.05, 0) is 13.0 Å². The molecule has 0 aliphatic heterocycles. The Bertz CT molecular complexity index is 150. The molecule has 0 aromatic heterocycles. The molecule has 62 valence electrons. The van der Waals surface area contributed by atoms with Gasteiger partial charge in [-0.25, -0.2) is 0 Å². The van der Waals surface area contributed by atoms with Crippen molar-refractivity contribution in [3.05, 3.63) is 0 Å². The Hall–Kier alpha value is -1.08. The van der Waals surface area contributed by atoms with Crippen molar-refractivity contribution in [2.75, 3.05) is 20.1 Å². The summed E-state index contributed by atoms with van der Waals surface area (Å²) in [5.41, 5.74) is 0. The van der Waals surface area contributed by atoms with Crippen molar-refractivity contribution in [2.24, 2.45) is 0 Å². The minimum Gasteiger partial charge on any atom is -0.358 e. The van der Waals surface area contributed by atoms with E-state index in [2.05, 4.69) is 10.6 Å². The van der Waals surface area contributed by atoms with Crippen LogP contribution in [-0.2, 0) is 4.79 Å². The van der Waals surface area contributed by atoms with Gasteiger partial charge in [-0.2, -0.15) is 5.26 Å². The Morgan fingerprint density at radius 1 is 1.64 bits per heavy atom. The average Bonchev–Trinajstić information content (AvgIpc) is 2.04. The van der Waals surface area contributed by atoms with E-state index in [0.29, 0.717) is 13.0 Å². The molecule has 0 bridgehead atoms. The third-order valence-electron chi connectivity index (χ3n) is 1.21. The summed E-state index contributed by atoms with van der Waals surface area (Å²) < 4.78 is 0. The van der Waals surface area contributed by atoms with Gasteiger partial charge in [0.2, 0.25) is 5.91 Å². The van der Waals surface area contributed by atoms with E-state index in [0.717, 1.165) is 13.0 Å². The molecule has 0 saturated carbocycles. The Labute approximate surface area is 66.6 Å². The number of carbonyl (C=O) groups is 1. The van der Waals surface area contributed by atoms with Gasteiger partial charge in [-0.3, -0.25) is 4.79 Å². The van der Waals surface area contributed by atoms with Crippen molar-refractivity contribution in [1.29, 1.82) is 5.26 Å². The number of nitriles is 1. The Morgan fingerprint density at radius 2 is 2.36 bits per heavy atom. The van der Waals surface area contributed by atoms with E-state index < -0.39 is 0 Å². The molecule has 0 fully saturated rings. The molecule has 2 N–H and O–H groups in total. The van der Waals surface area contributed by atoms with Crippen molar-refractivity contribution in [3.63, 3.8) is 0 Å². The molecule has 0 unspecified atom stereocenters. The lowest BCUT2D eigenvalue weighted by atomic mass is 10.3. The SMILES string of the molecule is CNC(=O)CNCCCC#N. The fourth-order valence-electron chi connectivity index (χ4n) is 0.583. The highest BCUT2D eigenvalue weighted by Gasteiger charge is 1.94. The molecule has 0 rings (SSSR count). The van der Waals surface area contributed by atoms with Crippen LogP contribution in [0.15, 0.2) is 0 Å². The topological polar surface area (TPSA) is 64.9 Å². The number of amides is 1. The second kappa shape index (κ2) is 7.03. The molecule has 0 saturated heterocycles. The first-order valence-electron chi connectivity index (χ1n) is 3.59. The van der Waals surface area contributed by atoms with Crippen molar-refractivity contribution < 1.29 is 4.79 Å². The fraction of sp³-hybridized carbons (Fsp3) is 0.714. The zero-order valence-electron chi connectivity index (χ0n) is 6.68. The smallest absolute Gasteiger partial charge is 0.233 e. The summed E-state index contributed by atoms with van der Waals surface area (Å²) in [6.07, 6.45) is 1.34. The number of nitrogens with one attached hydrogen (secondary N) is 2. The lowest BCUT2D eigenvalue weighted by molar-refractivity contribution is -0.119. The van der Waals surface area contributed by atoms with Crippen LogP contribution in [0.1, 0.15) is 12.8 Å². The number of hydrogen-bond donors (Lipinski definition) is 2. The van der Waals surface area contributed by atoms with E-state index >= 15 is 0 Å². The monoisotopic (exact) mass is 155 g/mol. The van der Waals surface area contributed by atoms with E-state index in [1.165, 1.54) is 0 Å². The van der Waals surface area contributed by atoms with E-state index in [1.807, 2.05) is 6.07 Å². The van der Waals surface area contributed by atoms with Crippen LogP contribution in [-0.4, -0.2) is 26.0 Å². The molecule has 0 heterocycles. The predicted octanol–water partition coefficient (Wildman–Crippen LogP) is -0.374. The van der Waals surface area contributed by atoms with Gasteiger partial charge < -0.3 is 10.6 Å². The first-order valence-corrected chi connectivity index (χ1v) is 3.59. The van der Waals surface area contributed by atoms with Crippen LogP contribution < -0.4 is 10.6 Å². The zero-order chi connectivity index (χ0) is 8.53. The van der Waals surface area contributed by atoms with E-state index in [1.54, 1.807) is 7.05 Å². The number of hydrogen-bond acceptors (Lipinski definition) is 3. The highest BCUT2D eigenvalue weighted by molar-refractivity contribution is 5.77. The molecular formula is C7H13N3O. The summed E-state index contributed by atoms with van der Waals surface area (Å²) in [6.45, 7) is 1.06. The normalized spacial score (nSPS) is 8.73. The van der Waals surface area contributed by atoms with E-state index in [4.69, 9.17) is 5.26 Å². The van der Waals surface area contributed by atoms with Crippen LogP contribution >= 0.6 is 0 Å². The molecule has 4 nitrogen and oxygen atoms in total. The first-order chi connectivity index (χ1) is 5.31. The number of unbranched alkanes of at least 4 members (excludes halogenated alkanes) is 1. The van der Waals surface area contributed by atoms with Crippen LogP contribution in [0.4, 0.5) is 0 Å². The van der Waals surface area contributed by atoms with Crippen molar-refractivity contribution in [2.45, 2.75) is 12.8 Å². The van der Waals surface area contributed by atoms with Gasteiger partial charge in [-0.1, -0.05) is 0 Å². The van der Waals surface area contributed by atoms with Crippen LogP contribution in [0.3, 0.4) is 0 Å². The Kier molecular flexibility index (Phi) is 6.34. The quantitative estimate of drug-likeness (QED) is 0.532. The van der Waals surface area contributed by atoms with Gasteiger partial charge in [0.15, 0.2) is 0 Å². The average molecular weight is 155 g/mol. The second-order valence-corrected chi connectivity index (χ2v) is 2.11. The highest BCUT2D eigenvalue weighted by Crippen LogP contribution is 1.81. The van der Waals surface area contributed by atoms with Gasteiger partial charge in [0.25, 0.3) is 0 Å². The molecule has 0 aliphatic carbocycles. The maximum atomic E-state index is 10.6. The van der Waals surface area contributed by atoms with Crippen LogP contribution in [0.5, 0.6) is 0 Å². The fourth-order valence-corrected chi connectivity index (χ4v) is 0.583. The number of rotatable bonds is 5. The summed E-state index contributed by atoms with van der Waals surface area (Å²) in [5, 5.41) is 13.6. The van der Waals surface area contributed by atoms with E-state index in [-0.39, 0.29) is 5.91 Å². The predicted molar refractivity (Wildman–Crippen MR) is 41.8 cm³/mol. The summed E-state index contributed by atoms with van der Waals surface area (Å²) >= 11 is 0. The largest absolute Gasteiger partial charge is 0.358 e. The third-order valence-corrected chi connectivity index (χ3v) is 1.21. The third kappa shape index (κ3) is 6.81. The molecule has 0 aliphatic rings. The molecule has 0 atom stereocenters. The molecule has 4 heteroatoms. The lowest BCUT2D eigenvalue weighted by Gasteiger charge is -2.00. The Morgan fingerprint density at radius 3 is 2.91 bits per heavy atom. The highest BCUT2D eigenvalue weighted by atomic mass is 16.1. The van der Waals surface area contributed by atoms with Gasteiger partial charge in [0.05, 0.1) is 12.6 Å². The number of carbonyl (C=O) groups excluding carboxylic acids is 1. The minimum absolute atomic E-state index is 0.0260. The zero-order valence-corrected chi connectivity index (χ0v) is 6.68. The molecule has 11 heavy (non-hydrogen) atoms. The van der Waals surface area contributed by atoms with Gasteiger partial charge in [0, 0.05) is 13.5 Å². The molecule has 1 amide bonds. The second-order valence-electron chi connectivity index (χ2n) is 2.11. The Balaban J connectivity index is 3.03. The summed E-state index contributed by atoms with van der Waals surface area (Å²) in [5.74, 6) is -0.0260. The summed E-state index contributed by atoms with van der Waals surface area (Å²) in [4.78, 5) is 10.6. The molecule has 0 spiro atoms. The number of likely N-dealkylation sites (N-methyl/N-ethyl adjacent to an activating group) is 1. The van der Waals surface area contributed by atoms with E-state index in [9.17, 15) is 4.79 Å². The maximum absolute atomic E-state index is 10.6. The van der Waals surface area contributed by atoms with Crippen LogP contribution in [0, 0.1) is 11.3 Å². The van der Waals surface area contributed by atoms with Gasteiger partial charge in [-0.15, -0.1) is 0 Å². The van der Waals surface area contributed by atoms with Crippen LogP contribution in [0.25, 0.3) is 0 Å². The van der Waals surface area contributed by atoms with Crippen LogP contribution in [0.2, 0.25) is 0 Å².